The highest BCUT2D eigenvalue weighted by Crippen LogP contribution is 2.11. The molecule has 1 aromatic heterocycles. The van der Waals surface area contributed by atoms with E-state index in [4.69, 9.17) is 0 Å². The molecule has 0 amide bonds. The first-order chi connectivity index (χ1) is 6.70. The van der Waals surface area contributed by atoms with Crippen LogP contribution in [0.25, 0.3) is 0 Å². The minimum Gasteiger partial charge on any atom is -0.369 e. The lowest BCUT2D eigenvalue weighted by atomic mass is 10.4. The van der Waals surface area contributed by atoms with Gasteiger partial charge in [-0.1, -0.05) is 0 Å². The molecule has 14 heavy (non-hydrogen) atoms. The summed E-state index contributed by atoms with van der Waals surface area (Å²) < 4.78 is 11.8. The van der Waals surface area contributed by atoms with Crippen molar-refractivity contribution in [2.24, 2.45) is 0 Å². The predicted octanol–water partition coefficient (Wildman–Crippen LogP) is 1.26. The fraction of sp³-hybridized carbons (Fsp3) is 0.500. The lowest BCUT2D eigenvalue weighted by Gasteiger charge is -2.05. The Morgan fingerprint density at radius 2 is 2.43 bits per heavy atom. The molecule has 0 bridgehead atoms. The minimum absolute atomic E-state index is 0.703. The Morgan fingerprint density at radius 1 is 1.64 bits per heavy atom. The van der Waals surface area contributed by atoms with Gasteiger partial charge in [0.15, 0.2) is 0 Å². The van der Waals surface area contributed by atoms with Crippen molar-refractivity contribution in [1.29, 1.82) is 0 Å². The number of nitrogens with zero attached hydrogens (tertiary/aromatic N) is 2. The molecule has 1 aromatic rings. The Balaban J connectivity index is 2.31. The molecule has 0 aliphatic heterocycles. The maximum Gasteiger partial charge on any atom is 0.142 e. The molecule has 78 valence electrons. The molecule has 1 unspecified atom stereocenters. The van der Waals surface area contributed by atoms with Crippen LogP contribution in [-0.4, -0.2) is 32.7 Å². The molecular formula is C8H12IN3OS. The molecule has 0 spiro atoms. The molecule has 1 heterocycles. The molecule has 0 aromatic carbocycles. The predicted molar refractivity (Wildman–Crippen MR) is 66.8 cm³/mol. The van der Waals surface area contributed by atoms with Gasteiger partial charge in [0.1, 0.15) is 12.1 Å². The summed E-state index contributed by atoms with van der Waals surface area (Å²) in [5.74, 6) is 1.58. The van der Waals surface area contributed by atoms with Crippen LogP contribution in [0.4, 0.5) is 5.82 Å². The largest absolute Gasteiger partial charge is 0.369 e. The second-order valence-electron chi connectivity index (χ2n) is 2.78. The summed E-state index contributed by atoms with van der Waals surface area (Å²) in [4.78, 5) is 7.98. The van der Waals surface area contributed by atoms with E-state index in [0.717, 1.165) is 28.1 Å². The molecule has 1 rings (SSSR count). The number of aromatic nitrogens is 2. The monoisotopic (exact) mass is 325 g/mol. The van der Waals surface area contributed by atoms with Crippen LogP contribution in [0, 0.1) is 3.57 Å². The Kier molecular flexibility index (Phi) is 5.31. The van der Waals surface area contributed by atoms with Gasteiger partial charge < -0.3 is 5.32 Å². The lowest BCUT2D eigenvalue weighted by Crippen LogP contribution is -2.08. The van der Waals surface area contributed by atoms with Gasteiger partial charge in [-0.3, -0.25) is 4.21 Å². The lowest BCUT2D eigenvalue weighted by molar-refractivity contribution is 0.685. The van der Waals surface area contributed by atoms with E-state index < -0.39 is 10.8 Å². The number of nitrogens with one attached hydrogen (secondary N) is 1. The van der Waals surface area contributed by atoms with Crippen LogP contribution in [0.3, 0.4) is 0 Å². The van der Waals surface area contributed by atoms with Crippen molar-refractivity contribution in [3.8, 4) is 0 Å². The van der Waals surface area contributed by atoms with Crippen molar-refractivity contribution < 1.29 is 4.21 Å². The SMILES string of the molecule is CS(=O)CCCNc1ncncc1I. The third-order valence-corrected chi connectivity index (χ3v) is 3.22. The molecule has 0 saturated carbocycles. The number of hydrogen-bond donors (Lipinski definition) is 1. The quantitative estimate of drug-likeness (QED) is 0.654. The Bertz CT molecular complexity index is 321. The summed E-state index contributed by atoms with van der Waals surface area (Å²) in [7, 11) is -0.703. The van der Waals surface area contributed by atoms with Crippen molar-refractivity contribution in [1.82, 2.24) is 9.97 Å². The first-order valence-electron chi connectivity index (χ1n) is 4.19. The Hall–Kier alpha value is -0.240. The zero-order chi connectivity index (χ0) is 10.4. The molecule has 6 heteroatoms. The standard InChI is InChI=1S/C8H12IN3OS/c1-14(13)4-2-3-11-8-7(9)5-10-6-12-8/h5-6H,2-4H2,1H3,(H,10,11,12). The van der Waals surface area contributed by atoms with Gasteiger partial charge in [-0.25, -0.2) is 9.97 Å². The van der Waals surface area contributed by atoms with Gasteiger partial charge >= 0.3 is 0 Å². The molecule has 0 radical (unpaired) electrons. The highest BCUT2D eigenvalue weighted by molar-refractivity contribution is 14.1. The average Bonchev–Trinajstić information content (AvgIpc) is 2.15. The van der Waals surface area contributed by atoms with Gasteiger partial charge in [0.25, 0.3) is 0 Å². The van der Waals surface area contributed by atoms with E-state index in [1.165, 1.54) is 6.33 Å². The molecule has 0 aliphatic carbocycles. The maximum absolute atomic E-state index is 10.8. The first kappa shape index (κ1) is 11.8. The number of halogens is 1. The zero-order valence-electron chi connectivity index (χ0n) is 7.86. The van der Waals surface area contributed by atoms with Crippen LogP contribution in [0.1, 0.15) is 6.42 Å². The van der Waals surface area contributed by atoms with E-state index >= 15 is 0 Å². The molecule has 0 saturated heterocycles. The minimum atomic E-state index is -0.703. The smallest absolute Gasteiger partial charge is 0.142 e. The van der Waals surface area contributed by atoms with Crippen molar-refractivity contribution in [3.63, 3.8) is 0 Å². The van der Waals surface area contributed by atoms with E-state index in [-0.39, 0.29) is 0 Å². The highest BCUT2D eigenvalue weighted by Gasteiger charge is 1.99. The van der Waals surface area contributed by atoms with Gasteiger partial charge in [-0.05, 0) is 29.0 Å². The molecule has 4 nitrogen and oxygen atoms in total. The van der Waals surface area contributed by atoms with Crippen molar-refractivity contribution in [2.45, 2.75) is 6.42 Å². The fourth-order valence-corrected chi connectivity index (χ4v) is 1.97. The van der Waals surface area contributed by atoms with Gasteiger partial charge in [0, 0.05) is 35.5 Å². The Labute approximate surface area is 99.5 Å². The molecule has 1 N–H and O–H groups in total. The molecule has 0 aliphatic rings. The van der Waals surface area contributed by atoms with E-state index in [1.807, 2.05) is 0 Å². The van der Waals surface area contributed by atoms with Crippen LogP contribution in [0.2, 0.25) is 0 Å². The van der Waals surface area contributed by atoms with Crippen LogP contribution in [0.5, 0.6) is 0 Å². The summed E-state index contributed by atoms with van der Waals surface area (Å²) in [6, 6.07) is 0. The summed E-state index contributed by atoms with van der Waals surface area (Å²) in [5.41, 5.74) is 0. The van der Waals surface area contributed by atoms with Crippen LogP contribution >= 0.6 is 22.6 Å². The topological polar surface area (TPSA) is 54.9 Å². The van der Waals surface area contributed by atoms with Gasteiger partial charge in [-0.15, -0.1) is 0 Å². The van der Waals surface area contributed by atoms with Crippen molar-refractivity contribution in [2.75, 3.05) is 23.9 Å². The molecular weight excluding hydrogens is 313 g/mol. The van der Waals surface area contributed by atoms with E-state index in [2.05, 4.69) is 37.9 Å². The van der Waals surface area contributed by atoms with Crippen LogP contribution in [-0.2, 0) is 10.8 Å². The molecule has 1 atom stereocenters. The fourth-order valence-electron chi connectivity index (χ4n) is 0.925. The molecule has 0 fully saturated rings. The first-order valence-corrected chi connectivity index (χ1v) is 7.00. The normalized spacial score (nSPS) is 12.4. The van der Waals surface area contributed by atoms with Gasteiger partial charge in [0.2, 0.25) is 0 Å². The van der Waals surface area contributed by atoms with Crippen LogP contribution in [0.15, 0.2) is 12.5 Å². The van der Waals surface area contributed by atoms with E-state index in [9.17, 15) is 4.21 Å². The third kappa shape index (κ3) is 4.32. The summed E-state index contributed by atoms with van der Waals surface area (Å²) in [5, 5.41) is 3.18. The average molecular weight is 325 g/mol. The van der Waals surface area contributed by atoms with Crippen molar-refractivity contribution in [3.05, 3.63) is 16.1 Å². The summed E-state index contributed by atoms with van der Waals surface area (Å²) in [6.07, 6.45) is 5.88. The van der Waals surface area contributed by atoms with E-state index in [1.54, 1.807) is 12.5 Å². The number of anilines is 1. The Morgan fingerprint density at radius 3 is 3.07 bits per heavy atom. The summed E-state index contributed by atoms with van der Waals surface area (Å²) >= 11 is 2.18. The van der Waals surface area contributed by atoms with Crippen LogP contribution < -0.4 is 5.32 Å². The number of hydrogen-bond acceptors (Lipinski definition) is 4. The second kappa shape index (κ2) is 6.28. The highest BCUT2D eigenvalue weighted by atomic mass is 127. The second-order valence-corrected chi connectivity index (χ2v) is 5.49. The van der Waals surface area contributed by atoms with E-state index in [0.29, 0.717) is 0 Å². The third-order valence-electron chi connectivity index (χ3n) is 1.57. The van der Waals surface area contributed by atoms with Gasteiger partial charge in [0.05, 0.1) is 3.57 Å². The zero-order valence-corrected chi connectivity index (χ0v) is 10.8. The van der Waals surface area contributed by atoms with Gasteiger partial charge in [-0.2, -0.15) is 0 Å². The summed E-state index contributed by atoms with van der Waals surface area (Å²) in [6.45, 7) is 0.798. The van der Waals surface area contributed by atoms with Crippen molar-refractivity contribution >= 4 is 39.2 Å². The number of rotatable bonds is 5. The maximum atomic E-state index is 10.8.